The minimum absolute atomic E-state index is 0.337. The van der Waals surface area contributed by atoms with Crippen molar-refractivity contribution in [3.05, 3.63) is 35.9 Å². The maximum Gasteiger partial charge on any atom is 0.137 e. The molecule has 90 valence electrons. The summed E-state index contributed by atoms with van der Waals surface area (Å²) < 4.78 is 0. The van der Waals surface area contributed by atoms with Crippen LogP contribution >= 0.6 is 0 Å². The minimum Gasteiger partial charge on any atom is -0.329 e. The first-order valence-electron chi connectivity index (χ1n) is 5.70. The lowest BCUT2D eigenvalue weighted by Gasteiger charge is -1.98. The van der Waals surface area contributed by atoms with Gasteiger partial charge in [0.15, 0.2) is 0 Å². The molecular weight excluding hydrogens is 200 g/mol. The number of nitrogens with two attached hydrogens (primary N) is 2. The third kappa shape index (κ3) is 8.15. The first-order valence-corrected chi connectivity index (χ1v) is 5.70. The molecule has 4 N–H and O–H groups in total. The Balaban J connectivity index is 0.000000487. The maximum atomic E-state index is 11.2. The molecule has 0 bridgehead atoms. The molecule has 0 radical (unpaired) electrons. The van der Waals surface area contributed by atoms with Crippen LogP contribution in [0.15, 0.2) is 30.3 Å². The van der Waals surface area contributed by atoms with E-state index in [4.69, 9.17) is 11.5 Å². The Bertz CT molecular complexity index is 271. The number of hydrogen-bond donors (Lipinski definition) is 2. The van der Waals surface area contributed by atoms with E-state index in [1.807, 2.05) is 37.3 Å². The van der Waals surface area contributed by atoms with Crippen LogP contribution in [-0.2, 0) is 11.2 Å². The predicted octanol–water partition coefficient (Wildman–Crippen LogP) is 1.50. The molecular formula is C13H22N2O. The number of Topliss-reactive ketones (excluding diaryl/α,β-unsaturated/α-hetero) is 1. The first kappa shape index (κ1) is 14.8. The Morgan fingerprint density at radius 3 is 2.12 bits per heavy atom. The number of benzene rings is 1. The summed E-state index contributed by atoms with van der Waals surface area (Å²) in [6.45, 7) is 3.23. The van der Waals surface area contributed by atoms with Gasteiger partial charge in [0, 0.05) is 25.9 Å². The topological polar surface area (TPSA) is 69.1 Å². The van der Waals surface area contributed by atoms with Crippen LogP contribution in [-0.4, -0.2) is 18.9 Å². The highest BCUT2D eigenvalue weighted by Gasteiger charge is 2.00. The second kappa shape index (κ2) is 10.3. The normalized spacial score (nSPS) is 9.19. The average Bonchev–Trinajstić information content (AvgIpc) is 2.31. The second-order valence-electron chi connectivity index (χ2n) is 3.53. The summed E-state index contributed by atoms with van der Waals surface area (Å²) in [7, 11) is 0. The van der Waals surface area contributed by atoms with Gasteiger partial charge in [0.2, 0.25) is 0 Å². The third-order valence-corrected chi connectivity index (χ3v) is 1.94. The van der Waals surface area contributed by atoms with Crippen molar-refractivity contribution in [1.82, 2.24) is 0 Å². The monoisotopic (exact) mass is 222 g/mol. The first-order chi connectivity index (χ1) is 7.74. The van der Waals surface area contributed by atoms with Gasteiger partial charge < -0.3 is 11.5 Å². The molecule has 1 aromatic rings. The van der Waals surface area contributed by atoms with Gasteiger partial charge in [0.05, 0.1) is 0 Å². The van der Waals surface area contributed by atoms with Crippen molar-refractivity contribution in [2.45, 2.75) is 26.2 Å². The Kier molecular flexibility index (Phi) is 9.56. The van der Waals surface area contributed by atoms with Crippen LogP contribution in [0.4, 0.5) is 0 Å². The number of rotatable bonds is 5. The molecule has 3 heteroatoms. The fourth-order valence-corrected chi connectivity index (χ4v) is 1.19. The number of carbonyl (C=O) groups is 1. The zero-order valence-corrected chi connectivity index (χ0v) is 9.99. The molecule has 0 spiro atoms. The Morgan fingerprint density at radius 1 is 1.12 bits per heavy atom. The van der Waals surface area contributed by atoms with Crippen LogP contribution < -0.4 is 11.5 Å². The van der Waals surface area contributed by atoms with Crippen LogP contribution in [0.3, 0.4) is 0 Å². The molecule has 16 heavy (non-hydrogen) atoms. The zero-order valence-electron chi connectivity index (χ0n) is 9.99. The van der Waals surface area contributed by atoms with Gasteiger partial charge in [-0.05, 0) is 12.0 Å². The summed E-state index contributed by atoms with van der Waals surface area (Å²) in [5.74, 6) is 0.337. The predicted molar refractivity (Wildman–Crippen MR) is 68.2 cm³/mol. The molecule has 0 unspecified atom stereocenters. The van der Waals surface area contributed by atoms with Crippen molar-refractivity contribution in [3.63, 3.8) is 0 Å². The lowest BCUT2D eigenvalue weighted by Crippen LogP contribution is -2.11. The summed E-state index contributed by atoms with van der Waals surface area (Å²) in [6.07, 6.45) is 2.25. The molecule has 0 saturated heterocycles. The molecule has 0 saturated carbocycles. The van der Waals surface area contributed by atoms with Crippen LogP contribution in [0.1, 0.15) is 25.3 Å². The molecule has 0 aliphatic rings. The van der Waals surface area contributed by atoms with Gasteiger partial charge >= 0.3 is 0 Å². The minimum atomic E-state index is 0.337. The zero-order chi connectivity index (χ0) is 12.2. The van der Waals surface area contributed by atoms with E-state index in [1.165, 1.54) is 0 Å². The highest BCUT2D eigenvalue weighted by molar-refractivity contribution is 5.80. The van der Waals surface area contributed by atoms with E-state index in [0.29, 0.717) is 31.7 Å². The van der Waals surface area contributed by atoms with Gasteiger partial charge in [-0.15, -0.1) is 0 Å². The fraction of sp³-hybridized carbons (Fsp3) is 0.462. The van der Waals surface area contributed by atoms with Gasteiger partial charge in [-0.3, -0.25) is 4.79 Å². The maximum absolute atomic E-state index is 11.2. The van der Waals surface area contributed by atoms with Crippen LogP contribution in [0.25, 0.3) is 0 Å². The summed E-state index contributed by atoms with van der Waals surface area (Å²) in [6, 6.07) is 9.89. The van der Waals surface area contributed by atoms with E-state index in [2.05, 4.69) is 0 Å². The highest BCUT2D eigenvalue weighted by atomic mass is 16.1. The van der Waals surface area contributed by atoms with Gasteiger partial charge in [-0.25, -0.2) is 0 Å². The number of hydrogen-bond acceptors (Lipinski definition) is 3. The number of carbonyl (C=O) groups excluding carboxylic acids is 1. The molecule has 0 atom stereocenters. The quantitative estimate of drug-likeness (QED) is 0.793. The molecule has 0 fully saturated rings. The third-order valence-electron chi connectivity index (χ3n) is 1.94. The summed E-state index contributed by atoms with van der Waals surface area (Å²) in [4.78, 5) is 11.2. The van der Waals surface area contributed by atoms with E-state index in [9.17, 15) is 4.79 Å². The lowest BCUT2D eigenvalue weighted by atomic mass is 10.1. The fourth-order valence-electron chi connectivity index (χ4n) is 1.19. The molecule has 0 aromatic heterocycles. The second-order valence-corrected chi connectivity index (χ2v) is 3.53. The molecule has 0 amide bonds. The van der Waals surface area contributed by atoms with Crippen molar-refractivity contribution in [1.29, 1.82) is 0 Å². The van der Waals surface area contributed by atoms with E-state index in [-0.39, 0.29) is 0 Å². The average molecular weight is 222 g/mol. The Labute approximate surface area is 97.8 Å². The Morgan fingerprint density at radius 2 is 1.69 bits per heavy atom. The van der Waals surface area contributed by atoms with Crippen molar-refractivity contribution >= 4 is 5.78 Å². The smallest absolute Gasteiger partial charge is 0.137 e. The molecule has 1 rings (SSSR count). The SMILES string of the molecule is CCCC(=O)Cc1ccccc1.NCCN. The van der Waals surface area contributed by atoms with Crippen molar-refractivity contribution in [2.75, 3.05) is 13.1 Å². The highest BCUT2D eigenvalue weighted by Crippen LogP contribution is 2.02. The molecule has 1 aromatic carbocycles. The molecule has 3 nitrogen and oxygen atoms in total. The van der Waals surface area contributed by atoms with Crippen molar-refractivity contribution < 1.29 is 4.79 Å². The van der Waals surface area contributed by atoms with E-state index in [0.717, 1.165) is 12.0 Å². The van der Waals surface area contributed by atoms with Gasteiger partial charge in [0.1, 0.15) is 5.78 Å². The van der Waals surface area contributed by atoms with E-state index < -0.39 is 0 Å². The van der Waals surface area contributed by atoms with E-state index >= 15 is 0 Å². The molecule has 0 aliphatic carbocycles. The summed E-state index contributed by atoms with van der Waals surface area (Å²) >= 11 is 0. The van der Waals surface area contributed by atoms with E-state index in [1.54, 1.807) is 0 Å². The molecule has 0 heterocycles. The van der Waals surface area contributed by atoms with Gasteiger partial charge in [-0.2, -0.15) is 0 Å². The standard InChI is InChI=1S/C11H14O.C2H8N2/c1-2-6-11(12)9-10-7-4-3-5-8-10;3-1-2-4/h3-5,7-8H,2,6,9H2,1H3;1-4H2. The van der Waals surface area contributed by atoms with Crippen LogP contribution in [0, 0.1) is 0 Å². The summed E-state index contributed by atoms with van der Waals surface area (Å²) in [5, 5.41) is 0. The lowest BCUT2D eigenvalue weighted by molar-refractivity contribution is -0.118. The molecule has 0 aliphatic heterocycles. The van der Waals surface area contributed by atoms with Crippen molar-refractivity contribution in [3.8, 4) is 0 Å². The van der Waals surface area contributed by atoms with Crippen LogP contribution in [0.5, 0.6) is 0 Å². The van der Waals surface area contributed by atoms with Gasteiger partial charge in [-0.1, -0.05) is 37.3 Å². The Hall–Kier alpha value is -1.19. The van der Waals surface area contributed by atoms with Crippen molar-refractivity contribution in [2.24, 2.45) is 11.5 Å². The number of ketones is 1. The van der Waals surface area contributed by atoms with Gasteiger partial charge in [0.25, 0.3) is 0 Å². The summed E-state index contributed by atoms with van der Waals surface area (Å²) in [5.41, 5.74) is 10.9. The van der Waals surface area contributed by atoms with Crippen LogP contribution in [0.2, 0.25) is 0 Å². The largest absolute Gasteiger partial charge is 0.329 e.